The highest BCUT2D eigenvalue weighted by Gasteiger charge is 2.35. The van der Waals surface area contributed by atoms with Crippen molar-refractivity contribution in [2.75, 3.05) is 32.7 Å². The lowest BCUT2D eigenvalue weighted by atomic mass is 9.73. The van der Waals surface area contributed by atoms with Gasteiger partial charge in [-0.1, -0.05) is 92.8 Å². The summed E-state index contributed by atoms with van der Waals surface area (Å²) in [5, 5.41) is 52.2. The molecule has 5 aromatic rings. The molecule has 4 heterocycles. The molecule has 6 unspecified atom stereocenters. The number of phenols is 1. The van der Waals surface area contributed by atoms with E-state index in [9.17, 15) is 25.2 Å². The molecular formula is C67H77N3O9. The fourth-order valence-electron chi connectivity index (χ4n) is 12.9. The van der Waals surface area contributed by atoms with E-state index in [-0.39, 0.29) is 66.0 Å². The number of aliphatic hydroxyl groups excluding tert-OH is 2. The van der Waals surface area contributed by atoms with Crippen molar-refractivity contribution in [2.45, 2.75) is 140 Å². The summed E-state index contributed by atoms with van der Waals surface area (Å²) in [6, 6.07) is 26.1. The first-order chi connectivity index (χ1) is 38.4. The molecule has 1 fully saturated rings. The number of phenolic OH excluding ortho intramolecular Hbond substituents is 1. The van der Waals surface area contributed by atoms with Crippen LogP contribution in [0.3, 0.4) is 0 Å². The molecule has 10 bridgehead atoms. The van der Waals surface area contributed by atoms with Crippen LogP contribution in [0.15, 0.2) is 113 Å². The molecule has 414 valence electrons. The summed E-state index contributed by atoms with van der Waals surface area (Å²) in [4.78, 5) is 18.3. The van der Waals surface area contributed by atoms with Gasteiger partial charge in [0.1, 0.15) is 36.1 Å². The average Bonchev–Trinajstić information content (AvgIpc) is 4.02. The zero-order chi connectivity index (χ0) is 55.0. The Balaban J connectivity index is 1.08. The second-order valence-corrected chi connectivity index (χ2v) is 22.5. The van der Waals surface area contributed by atoms with Gasteiger partial charge >= 0.3 is 0 Å². The number of benzene rings is 5. The zero-order valence-corrected chi connectivity index (χ0v) is 46.0. The van der Waals surface area contributed by atoms with E-state index in [1.165, 1.54) is 31.2 Å². The lowest BCUT2D eigenvalue weighted by Gasteiger charge is -2.31. The number of allylic oxidation sites excluding steroid dienone is 4. The molecule has 5 aromatic carbocycles. The first-order valence-corrected chi connectivity index (χ1v) is 28.7. The van der Waals surface area contributed by atoms with Gasteiger partial charge in [-0.15, -0.1) is 0 Å². The predicted octanol–water partition coefficient (Wildman–Crippen LogP) is 12.7. The number of carbonyl (C=O) groups is 1. The lowest BCUT2D eigenvalue weighted by molar-refractivity contribution is -0.121. The van der Waals surface area contributed by atoms with Crippen LogP contribution in [0.1, 0.15) is 158 Å². The summed E-state index contributed by atoms with van der Waals surface area (Å²) in [6.45, 7) is 3.44. The molecule has 0 radical (unpaired) electrons. The highest BCUT2D eigenvalue weighted by atomic mass is 16.5. The number of ketones is 1. The molecule has 6 atom stereocenters. The zero-order valence-electron chi connectivity index (χ0n) is 46.0. The first kappa shape index (κ1) is 55.3. The number of aliphatic imine (C=N–C) groups is 1. The number of guanidine groups is 1. The van der Waals surface area contributed by atoms with Crippen molar-refractivity contribution in [3.8, 4) is 29.3 Å². The number of rotatable bonds is 14. The molecule has 12 heteroatoms. The third kappa shape index (κ3) is 13.0. The number of aryl methyl sites for hydroxylation is 2. The highest BCUT2D eigenvalue weighted by Crippen LogP contribution is 2.50. The number of nitrogens with zero attached hydrogens (tertiary/aromatic N) is 1. The number of carbonyl (C=O) groups excluding carboxylic acids is 1. The number of Topliss-reactive ketones (excluding diaryl/α,β-unsaturated/α-hetero) is 1. The van der Waals surface area contributed by atoms with Gasteiger partial charge in [-0.05, 0) is 174 Å². The van der Waals surface area contributed by atoms with Crippen molar-refractivity contribution >= 4 is 34.3 Å². The Labute approximate surface area is 465 Å². The Bertz CT molecular complexity index is 3210. The maximum Gasteiger partial charge on any atom is 0.192 e. The number of hydrogen-bond donors (Lipinski definition) is 6. The number of anilines is 1. The molecule has 0 aromatic heterocycles. The number of fused-ring (bicyclic) bond motifs is 8. The third-order valence-electron chi connectivity index (χ3n) is 17.2. The van der Waals surface area contributed by atoms with Gasteiger partial charge in [0.15, 0.2) is 23.7 Å². The molecule has 79 heavy (non-hydrogen) atoms. The molecule has 3 aliphatic carbocycles. The number of methoxy groups -OCH3 is 1. The molecule has 0 saturated heterocycles. The molecular weight excluding hydrogens is 991 g/mol. The number of unbranched alkanes of at least 4 members (excludes halogenated alkanes) is 1. The lowest BCUT2D eigenvalue weighted by Crippen LogP contribution is -2.25. The van der Waals surface area contributed by atoms with Crippen LogP contribution >= 0.6 is 0 Å². The van der Waals surface area contributed by atoms with Gasteiger partial charge in [0.2, 0.25) is 0 Å². The van der Waals surface area contributed by atoms with E-state index < -0.39 is 18.3 Å². The van der Waals surface area contributed by atoms with Crippen LogP contribution < -0.4 is 20.5 Å². The van der Waals surface area contributed by atoms with E-state index in [4.69, 9.17) is 24.7 Å². The van der Waals surface area contributed by atoms with E-state index in [1.807, 2.05) is 48.6 Å². The minimum absolute atomic E-state index is 0.0178. The maximum atomic E-state index is 14.3. The number of hydrogen-bond acceptors (Lipinski definition) is 10. The number of aliphatic hydroxyl groups is 3. The van der Waals surface area contributed by atoms with Crippen LogP contribution in [0.25, 0.3) is 16.8 Å². The largest absolute Gasteiger partial charge is 0.508 e. The van der Waals surface area contributed by atoms with Crippen molar-refractivity contribution in [1.29, 1.82) is 0 Å². The van der Waals surface area contributed by atoms with Crippen LogP contribution in [0.5, 0.6) is 17.2 Å². The smallest absolute Gasteiger partial charge is 0.192 e. The third-order valence-corrected chi connectivity index (χ3v) is 17.2. The van der Waals surface area contributed by atoms with Crippen LogP contribution in [-0.2, 0) is 40.1 Å². The van der Waals surface area contributed by atoms with Crippen LogP contribution in [0, 0.1) is 29.8 Å². The Morgan fingerprint density at radius 2 is 1.76 bits per heavy atom. The summed E-state index contributed by atoms with van der Waals surface area (Å²) in [6.07, 6.45) is 20.6. The molecule has 7 N–H and O–H groups in total. The number of ether oxygens (including phenoxy) is 4. The van der Waals surface area contributed by atoms with E-state index in [2.05, 4.69) is 77.8 Å². The van der Waals surface area contributed by atoms with E-state index >= 15 is 0 Å². The van der Waals surface area contributed by atoms with Gasteiger partial charge in [0.25, 0.3) is 0 Å². The van der Waals surface area contributed by atoms with Crippen molar-refractivity contribution in [1.82, 2.24) is 0 Å². The van der Waals surface area contributed by atoms with Gasteiger partial charge in [-0.3, -0.25) is 9.79 Å². The quantitative estimate of drug-likeness (QED) is 0.0204. The summed E-state index contributed by atoms with van der Waals surface area (Å²) < 4.78 is 25.4. The minimum Gasteiger partial charge on any atom is -0.508 e. The number of aromatic hydroxyl groups is 1. The van der Waals surface area contributed by atoms with E-state index in [0.717, 1.165) is 83.2 Å². The number of nitrogens with two attached hydrogens (primary N) is 1. The second kappa shape index (κ2) is 25.4. The van der Waals surface area contributed by atoms with Gasteiger partial charge in [0, 0.05) is 60.7 Å². The van der Waals surface area contributed by atoms with Gasteiger partial charge in [-0.25, -0.2) is 0 Å². The second-order valence-electron chi connectivity index (χ2n) is 22.5. The fraction of sp³-hybridized carbons (Fsp3) is 0.433. The molecule has 7 aliphatic rings. The van der Waals surface area contributed by atoms with Crippen LogP contribution in [0.4, 0.5) is 5.69 Å². The molecule has 0 amide bonds. The normalized spacial score (nSPS) is 22.5. The standard InChI is InChI=1S/C67H77N3O9/c1-41-18-23-54-59-40-79-63-32-44(20-25-62(63)76-3)19-22-51(71)36-52-34-49-35-60(72)48(33-46(49)15-7-6-10-42-14-9-17-50(31-42)70-67(68)69-2)21-24-53(47-16-8-13-43(30-47)26-28-77-39-45-11-4-5-12-45)55(27-29-78-52)65-58(37-57(59)66(74)75)64(54)56(41)38-61(65)73/h8-9,13-14,16-18,20,23,25,30-33,35,37-38,41,45-46,49,52-53,55,66,72-75H,4-7,10-12,15,19,21-22,24,26,28,34,36,39-40H2,1-3H3,(H3,68,69,70). The Morgan fingerprint density at radius 3 is 2.57 bits per heavy atom. The maximum absolute atomic E-state index is 14.3. The molecule has 12 nitrogen and oxygen atoms in total. The topological polar surface area (TPSA) is 185 Å². The summed E-state index contributed by atoms with van der Waals surface area (Å²) in [5.41, 5.74) is 15.0. The van der Waals surface area contributed by atoms with Crippen LogP contribution in [0.2, 0.25) is 0 Å². The van der Waals surface area contributed by atoms with Crippen molar-refractivity contribution in [2.24, 2.45) is 28.5 Å². The summed E-state index contributed by atoms with van der Waals surface area (Å²) in [5.74, 6) is 4.57. The summed E-state index contributed by atoms with van der Waals surface area (Å²) >= 11 is 0. The Hall–Kier alpha value is -7.04. The fourth-order valence-corrected chi connectivity index (χ4v) is 12.9. The van der Waals surface area contributed by atoms with Crippen molar-refractivity contribution in [3.63, 3.8) is 0 Å². The highest BCUT2D eigenvalue weighted by molar-refractivity contribution is 6.01. The van der Waals surface area contributed by atoms with Gasteiger partial charge < -0.3 is 50.4 Å². The summed E-state index contributed by atoms with van der Waals surface area (Å²) in [7, 11) is 3.23. The molecule has 1 saturated carbocycles. The minimum atomic E-state index is -1.89. The first-order valence-electron chi connectivity index (χ1n) is 28.7. The average molecular weight is 1070 g/mol. The Morgan fingerprint density at radius 1 is 0.937 bits per heavy atom. The monoisotopic (exact) mass is 1070 g/mol. The van der Waals surface area contributed by atoms with Gasteiger partial charge in [-0.2, -0.15) is 0 Å². The Kier molecular flexibility index (Phi) is 17.8. The van der Waals surface area contributed by atoms with Crippen LogP contribution in [-0.4, -0.2) is 65.6 Å². The van der Waals surface area contributed by atoms with Gasteiger partial charge in [0.05, 0.1) is 19.6 Å². The van der Waals surface area contributed by atoms with Crippen molar-refractivity contribution < 1.29 is 44.2 Å². The molecule has 0 spiro atoms. The molecule has 12 rings (SSSR count). The molecule has 4 aliphatic heterocycles. The van der Waals surface area contributed by atoms with E-state index in [1.54, 1.807) is 20.2 Å². The van der Waals surface area contributed by atoms with E-state index in [0.29, 0.717) is 72.2 Å². The van der Waals surface area contributed by atoms with Crippen molar-refractivity contribution in [3.05, 3.63) is 158 Å². The predicted molar refractivity (Wildman–Crippen MR) is 311 cm³/mol. The SMILES string of the molecule is CN=C(N)Nc1cccc(CCCCC2C=C3CCC(c4cccc(CCOCC5CCCC5)c4)C4C#COC(CC(=O)CCc5ccc(OC)c(c5)OCc5c(C(O)O)cc6c4c(O)cc4c6c5C=CC4C)CC2C=C3O)c1. The number of nitrogens with one attached hydrogen (secondary N) is 1.